The molecule has 24 heavy (non-hydrogen) atoms. The second kappa shape index (κ2) is 6.75. The summed E-state index contributed by atoms with van der Waals surface area (Å²) in [4.78, 5) is 2.80. The zero-order chi connectivity index (χ0) is 18.1. The van der Waals surface area contributed by atoms with Crippen LogP contribution in [0.15, 0.2) is 21.6 Å². The number of halogens is 1. The molecule has 1 unspecified atom stereocenters. The summed E-state index contributed by atoms with van der Waals surface area (Å²) >= 11 is 6.23. The summed E-state index contributed by atoms with van der Waals surface area (Å²) in [6.07, 6.45) is 0.588. The molecular weight excluding hydrogens is 348 g/mol. The maximum Gasteiger partial charge on any atom is 0.145 e. The minimum Gasteiger partial charge on any atom is -0.486 e. The molecule has 0 saturated carbocycles. The average Bonchev–Trinajstić information content (AvgIpc) is 2.79. The zero-order valence-corrected chi connectivity index (χ0v) is 16.0. The lowest BCUT2D eigenvalue weighted by Gasteiger charge is -2.22. The number of nitrogens with zero attached hydrogens (tertiary/aromatic N) is 4. The van der Waals surface area contributed by atoms with Gasteiger partial charge in [0, 0.05) is 27.5 Å². The molecule has 0 bridgehead atoms. The van der Waals surface area contributed by atoms with Crippen LogP contribution in [0.25, 0.3) is 10.4 Å². The van der Waals surface area contributed by atoms with Gasteiger partial charge < -0.3 is 4.74 Å². The van der Waals surface area contributed by atoms with Gasteiger partial charge in [-0.25, -0.2) is 4.21 Å². The number of ether oxygens (including phenoxy) is 1. The Morgan fingerprint density at radius 3 is 2.75 bits per heavy atom. The van der Waals surface area contributed by atoms with E-state index in [1.807, 2.05) is 33.8 Å². The predicted octanol–water partition coefficient (Wildman–Crippen LogP) is 4.62. The van der Waals surface area contributed by atoms with Gasteiger partial charge in [0.1, 0.15) is 22.3 Å². The fourth-order valence-corrected chi connectivity index (χ4v) is 3.30. The Morgan fingerprint density at radius 1 is 1.50 bits per heavy atom. The van der Waals surface area contributed by atoms with Crippen LogP contribution in [-0.2, 0) is 17.4 Å². The van der Waals surface area contributed by atoms with Gasteiger partial charge >= 0.3 is 0 Å². The monoisotopic (exact) mass is 368 g/mol. The minimum absolute atomic E-state index is 0.222. The highest BCUT2D eigenvalue weighted by atomic mass is 35.5. The molecule has 1 aromatic carbocycles. The molecule has 0 saturated heterocycles. The Balaban J connectivity index is 2.44. The summed E-state index contributed by atoms with van der Waals surface area (Å²) in [6.45, 7) is 9.52. The van der Waals surface area contributed by atoms with Crippen LogP contribution >= 0.6 is 11.6 Å². The van der Waals surface area contributed by atoms with Crippen molar-refractivity contribution in [1.29, 1.82) is 0 Å². The lowest BCUT2D eigenvalue weighted by atomic mass is 9.98. The molecule has 1 aromatic rings. The molecule has 0 aromatic heterocycles. The number of hydrogen-bond acceptors (Lipinski definition) is 3. The van der Waals surface area contributed by atoms with Crippen molar-refractivity contribution in [2.45, 2.75) is 51.4 Å². The van der Waals surface area contributed by atoms with Gasteiger partial charge in [-0.15, -0.1) is 0 Å². The summed E-state index contributed by atoms with van der Waals surface area (Å²) in [5.74, 6) is 0.669. The van der Waals surface area contributed by atoms with Crippen LogP contribution in [0.1, 0.15) is 45.7 Å². The normalized spacial score (nSPS) is 21.7. The third-order valence-corrected chi connectivity index (χ3v) is 5.35. The van der Waals surface area contributed by atoms with E-state index < -0.39 is 21.3 Å². The number of azide groups is 1. The number of benzene rings is 1. The molecule has 1 aliphatic heterocycles. The van der Waals surface area contributed by atoms with E-state index in [0.29, 0.717) is 22.9 Å². The summed E-state index contributed by atoms with van der Waals surface area (Å²) in [5.41, 5.74) is 10.2. The summed E-state index contributed by atoms with van der Waals surface area (Å²) in [6, 6.07) is 3.61. The van der Waals surface area contributed by atoms with Crippen LogP contribution in [0.5, 0.6) is 5.75 Å². The Labute approximate surface area is 149 Å². The van der Waals surface area contributed by atoms with Gasteiger partial charge in [0.05, 0.1) is 17.0 Å². The summed E-state index contributed by atoms with van der Waals surface area (Å²) < 4.78 is 22.2. The molecule has 0 fully saturated rings. The van der Waals surface area contributed by atoms with E-state index in [1.54, 1.807) is 13.0 Å². The third-order valence-electron chi connectivity index (χ3n) is 3.65. The first-order valence-electron chi connectivity index (χ1n) is 7.56. The fourth-order valence-electron chi connectivity index (χ4n) is 2.44. The van der Waals surface area contributed by atoms with E-state index in [2.05, 4.69) is 14.4 Å². The number of hydrogen-bond donors (Lipinski definition) is 0. The highest BCUT2D eigenvalue weighted by molar-refractivity contribution is 7.85. The van der Waals surface area contributed by atoms with Gasteiger partial charge in [0.25, 0.3) is 0 Å². The molecular formula is C16H21ClN4O2S. The van der Waals surface area contributed by atoms with Gasteiger partial charge in [-0.3, -0.25) is 0 Å². The minimum atomic E-state index is -1.37. The molecule has 2 rings (SSSR count). The Kier molecular flexibility index (Phi) is 5.28. The largest absolute Gasteiger partial charge is 0.486 e. The van der Waals surface area contributed by atoms with Crippen molar-refractivity contribution in [2.75, 3.05) is 6.54 Å². The molecule has 0 amide bonds. The van der Waals surface area contributed by atoms with E-state index in [9.17, 15) is 4.21 Å². The molecule has 0 radical (unpaired) electrons. The van der Waals surface area contributed by atoms with Crippen molar-refractivity contribution in [3.8, 4) is 5.75 Å². The lowest BCUT2D eigenvalue weighted by molar-refractivity contribution is 0.125. The van der Waals surface area contributed by atoms with Crippen molar-refractivity contribution in [3.63, 3.8) is 0 Å². The van der Waals surface area contributed by atoms with Crippen LogP contribution in [0, 0.1) is 0 Å². The predicted molar refractivity (Wildman–Crippen MR) is 98.3 cm³/mol. The van der Waals surface area contributed by atoms with Crippen LogP contribution < -0.4 is 4.74 Å². The van der Waals surface area contributed by atoms with Crippen LogP contribution in [-0.4, -0.2) is 26.8 Å². The second-order valence-electron chi connectivity index (χ2n) is 7.10. The van der Waals surface area contributed by atoms with E-state index in [1.165, 1.54) is 0 Å². The van der Waals surface area contributed by atoms with Gasteiger partial charge in [-0.05, 0) is 52.3 Å². The maximum atomic E-state index is 12.3. The fraction of sp³-hybridized carbons (Fsp3) is 0.562. The maximum absolute atomic E-state index is 12.3. The van der Waals surface area contributed by atoms with Gasteiger partial charge in [-0.1, -0.05) is 16.7 Å². The van der Waals surface area contributed by atoms with Crippen LogP contribution in [0.4, 0.5) is 0 Å². The molecule has 0 aliphatic carbocycles. The first-order valence-corrected chi connectivity index (χ1v) is 9.04. The van der Waals surface area contributed by atoms with Crippen molar-refractivity contribution in [3.05, 3.63) is 38.7 Å². The van der Waals surface area contributed by atoms with Gasteiger partial charge in [0.15, 0.2) is 0 Å². The van der Waals surface area contributed by atoms with E-state index >= 15 is 0 Å². The van der Waals surface area contributed by atoms with Crippen molar-refractivity contribution in [2.24, 2.45) is 9.51 Å². The number of rotatable bonds is 4. The molecule has 0 spiro atoms. The van der Waals surface area contributed by atoms with Gasteiger partial charge in [-0.2, -0.15) is 4.40 Å². The molecule has 130 valence electrons. The van der Waals surface area contributed by atoms with Crippen molar-refractivity contribution in [1.82, 2.24) is 0 Å². The zero-order valence-electron chi connectivity index (χ0n) is 14.5. The van der Waals surface area contributed by atoms with E-state index in [4.69, 9.17) is 21.9 Å². The Bertz CT molecular complexity index is 766. The first-order chi connectivity index (χ1) is 11.1. The second-order valence-corrected chi connectivity index (χ2v) is 9.44. The Hall–Kier alpha value is -1.56. The highest BCUT2D eigenvalue weighted by Gasteiger charge is 2.36. The molecule has 1 aliphatic rings. The number of fused-ring (bicyclic) bond motifs is 1. The third kappa shape index (κ3) is 4.09. The first kappa shape index (κ1) is 18.8. The van der Waals surface area contributed by atoms with Crippen molar-refractivity contribution >= 4 is 28.3 Å². The standard InChI is InChI=1S/C16H21ClN4O2S/c1-10(20-24(22)15(2,3)4)13-7-12(17)6-11-8-16(5,9-19-21-18)23-14(11)13/h6-7H,8-9H2,1-5H3/b20-10+/t16?,24-/m1/s1. The van der Waals surface area contributed by atoms with E-state index in [-0.39, 0.29) is 6.54 Å². The topological polar surface area (TPSA) is 87.4 Å². The molecule has 2 atom stereocenters. The van der Waals surface area contributed by atoms with Crippen LogP contribution in [0.2, 0.25) is 5.02 Å². The van der Waals surface area contributed by atoms with Gasteiger partial charge in [0.2, 0.25) is 0 Å². The van der Waals surface area contributed by atoms with Crippen LogP contribution in [0.3, 0.4) is 0 Å². The summed E-state index contributed by atoms with van der Waals surface area (Å²) in [7, 11) is -1.37. The molecule has 1 heterocycles. The molecule has 8 heteroatoms. The average molecular weight is 369 g/mol. The molecule has 0 N–H and O–H groups in total. The lowest BCUT2D eigenvalue weighted by Crippen LogP contribution is -2.33. The highest BCUT2D eigenvalue weighted by Crippen LogP contribution is 2.40. The smallest absolute Gasteiger partial charge is 0.145 e. The summed E-state index contributed by atoms with van der Waals surface area (Å²) in [5, 5.41) is 4.20. The molecule has 6 nitrogen and oxygen atoms in total. The SMILES string of the molecule is C/C(=N\[S@](=O)C(C)(C)C)c1cc(Cl)cc2c1OC(C)(CN=[N+]=[N-])C2. The van der Waals surface area contributed by atoms with E-state index in [0.717, 1.165) is 11.1 Å². The quantitative estimate of drug-likeness (QED) is 0.336. The Morgan fingerprint density at radius 2 is 2.17 bits per heavy atom. The van der Waals surface area contributed by atoms with Crippen molar-refractivity contribution < 1.29 is 8.95 Å².